The zero-order valence-electron chi connectivity index (χ0n) is 17.5. The molecule has 33 heavy (non-hydrogen) atoms. The largest absolute Gasteiger partial charge is 0.489 e. The molecule has 0 aliphatic carbocycles. The summed E-state index contributed by atoms with van der Waals surface area (Å²) in [5, 5.41) is 3.96. The van der Waals surface area contributed by atoms with Crippen molar-refractivity contribution in [3.8, 4) is 5.75 Å². The first-order chi connectivity index (χ1) is 16.0. The summed E-state index contributed by atoms with van der Waals surface area (Å²) in [5.74, 6) is 0.360. The SMILES string of the molecule is CSc1nc2c3c(c(Cl)c(Br)c(F)c3n1)OC[C@@H]1C[C@@H](NC(=O)OCc3ccccc3)CN21. The van der Waals surface area contributed by atoms with Gasteiger partial charge in [-0.25, -0.2) is 19.2 Å². The van der Waals surface area contributed by atoms with E-state index in [2.05, 4.69) is 31.2 Å². The predicted molar refractivity (Wildman–Crippen MR) is 129 cm³/mol. The number of carbonyl (C=O) groups excluding carboxylic acids is 1. The van der Waals surface area contributed by atoms with Crippen molar-refractivity contribution in [2.24, 2.45) is 0 Å². The highest BCUT2D eigenvalue weighted by Gasteiger charge is 2.39. The van der Waals surface area contributed by atoms with E-state index in [4.69, 9.17) is 21.1 Å². The first-order valence-electron chi connectivity index (χ1n) is 10.2. The number of halogens is 3. The summed E-state index contributed by atoms with van der Waals surface area (Å²) in [5.41, 5.74) is 1.06. The second-order valence-electron chi connectivity index (χ2n) is 7.78. The number of rotatable bonds is 4. The fourth-order valence-corrected chi connectivity index (χ4v) is 5.15. The minimum Gasteiger partial charge on any atom is -0.489 e. The molecular formula is C22H19BrClFN4O3S. The van der Waals surface area contributed by atoms with Crippen LogP contribution in [0.25, 0.3) is 10.9 Å². The normalized spacial score (nSPS) is 19.1. The molecule has 1 fully saturated rings. The first-order valence-corrected chi connectivity index (χ1v) is 12.6. The Morgan fingerprint density at radius 3 is 2.94 bits per heavy atom. The van der Waals surface area contributed by atoms with E-state index >= 15 is 4.39 Å². The molecule has 2 aliphatic heterocycles. The summed E-state index contributed by atoms with van der Waals surface area (Å²) >= 11 is 10.9. The van der Waals surface area contributed by atoms with Gasteiger partial charge in [-0.15, -0.1) is 0 Å². The number of aromatic nitrogens is 2. The van der Waals surface area contributed by atoms with Crippen molar-refractivity contribution in [1.29, 1.82) is 0 Å². The van der Waals surface area contributed by atoms with E-state index in [-0.39, 0.29) is 33.7 Å². The van der Waals surface area contributed by atoms with E-state index in [1.165, 1.54) is 11.8 Å². The second kappa shape index (κ2) is 9.15. The number of hydrogen-bond acceptors (Lipinski definition) is 7. The Labute approximate surface area is 207 Å². The smallest absolute Gasteiger partial charge is 0.407 e. The lowest BCUT2D eigenvalue weighted by Gasteiger charge is -2.23. The molecule has 2 atom stereocenters. The van der Waals surface area contributed by atoms with Crippen molar-refractivity contribution in [3.63, 3.8) is 0 Å². The Balaban J connectivity index is 1.41. The third kappa shape index (κ3) is 4.20. The molecule has 3 aromatic rings. The Morgan fingerprint density at radius 1 is 1.39 bits per heavy atom. The Morgan fingerprint density at radius 2 is 2.18 bits per heavy atom. The van der Waals surface area contributed by atoms with Crippen LogP contribution in [-0.2, 0) is 11.3 Å². The maximum atomic E-state index is 15.1. The van der Waals surface area contributed by atoms with Gasteiger partial charge in [0.15, 0.2) is 16.7 Å². The molecule has 1 aromatic heterocycles. The number of carbonyl (C=O) groups is 1. The van der Waals surface area contributed by atoms with Gasteiger partial charge in [-0.05, 0) is 34.2 Å². The van der Waals surface area contributed by atoms with Crippen LogP contribution in [0.2, 0.25) is 5.02 Å². The van der Waals surface area contributed by atoms with Gasteiger partial charge in [0.1, 0.15) is 29.6 Å². The van der Waals surface area contributed by atoms with E-state index in [1.54, 1.807) is 0 Å². The summed E-state index contributed by atoms with van der Waals surface area (Å²) < 4.78 is 26.6. The van der Waals surface area contributed by atoms with E-state index in [9.17, 15) is 4.79 Å². The summed E-state index contributed by atoms with van der Waals surface area (Å²) in [6.07, 6.45) is 1.97. The average Bonchev–Trinajstić information content (AvgIpc) is 3.16. The Kier molecular flexibility index (Phi) is 6.24. The molecule has 1 amide bonds. The number of benzene rings is 2. The molecule has 2 aliphatic rings. The fraction of sp³-hybridized carbons (Fsp3) is 0.318. The lowest BCUT2D eigenvalue weighted by Crippen LogP contribution is -2.37. The van der Waals surface area contributed by atoms with E-state index in [0.29, 0.717) is 41.7 Å². The molecular weight excluding hydrogens is 535 g/mol. The third-order valence-electron chi connectivity index (χ3n) is 5.71. The van der Waals surface area contributed by atoms with E-state index in [1.807, 2.05) is 41.5 Å². The van der Waals surface area contributed by atoms with Gasteiger partial charge in [-0.3, -0.25) is 0 Å². The van der Waals surface area contributed by atoms with Gasteiger partial charge in [0.25, 0.3) is 0 Å². The molecule has 0 bridgehead atoms. The molecule has 3 heterocycles. The number of fused-ring (bicyclic) bond motifs is 2. The van der Waals surface area contributed by atoms with Crippen molar-refractivity contribution < 1.29 is 18.7 Å². The van der Waals surface area contributed by atoms with Gasteiger partial charge >= 0.3 is 6.09 Å². The molecule has 1 saturated heterocycles. The van der Waals surface area contributed by atoms with Crippen LogP contribution in [0.5, 0.6) is 5.75 Å². The standard InChI is InChI=1S/C22H19BrClFN4O3S/c1-33-21-27-18-14-19(16(24)15(23)17(18)25)31-10-13-7-12(8-29(13)20(14)28-21)26-22(30)32-9-11-5-3-2-4-6-11/h2-6,12-13H,7-10H2,1H3,(H,26,30)/t12-,13+/m1/s1. The number of nitrogens with one attached hydrogen (secondary N) is 1. The van der Waals surface area contributed by atoms with Crippen LogP contribution in [0, 0.1) is 5.82 Å². The van der Waals surface area contributed by atoms with Crippen LogP contribution >= 0.6 is 39.3 Å². The maximum Gasteiger partial charge on any atom is 0.407 e. The molecule has 11 heteroatoms. The fourth-order valence-electron chi connectivity index (χ4n) is 4.19. The molecule has 1 N–H and O–H groups in total. The van der Waals surface area contributed by atoms with Crippen molar-refractivity contribution >= 4 is 62.1 Å². The number of anilines is 1. The van der Waals surface area contributed by atoms with Gasteiger partial charge in [-0.2, -0.15) is 0 Å². The van der Waals surface area contributed by atoms with Crippen molar-refractivity contribution in [2.75, 3.05) is 24.3 Å². The Hall–Kier alpha value is -2.30. The van der Waals surface area contributed by atoms with Crippen LogP contribution < -0.4 is 15.0 Å². The molecule has 5 rings (SSSR count). The number of ether oxygens (including phenoxy) is 2. The highest BCUT2D eigenvalue weighted by Crippen LogP contribution is 2.47. The maximum absolute atomic E-state index is 15.1. The van der Waals surface area contributed by atoms with E-state index in [0.717, 1.165) is 5.56 Å². The van der Waals surface area contributed by atoms with Crippen LogP contribution in [-0.4, -0.2) is 47.6 Å². The summed E-state index contributed by atoms with van der Waals surface area (Å²) in [6.45, 7) is 0.984. The molecule has 0 saturated carbocycles. The number of alkyl carbamates (subject to hydrolysis) is 1. The van der Waals surface area contributed by atoms with Crippen LogP contribution in [0.15, 0.2) is 40.0 Å². The minimum atomic E-state index is -0.557. The number of nitrogens with zero attached hydrogens (tertiary/aromatic N) is 3. The zero-order chi connectivity index (χ0) is 23.1. The lowest BCUT2D eigenvalue weighted by molar-refractivity contribution is 0.136. The van der Waals surface area contributed by atoms with E-state index < -0.39 is 11.9 Å². The molecule has 2 aromatic carbocycles. The summed E-state index contributed by atoms with van der Waals surface area (Å²) in [4.78, 5) is 23.4. The third-order valence-corrected chi connectivity index (χ3v) is 7.59. The monoisotopic (exact) mass is 552 g/mol. The van der Waals surface area contributed by atoms with Crippen molar-refractivity contribution in [2.45, 2.75) is 30.3 Å². The van der Waals surface area contributed by atoms with Gasteiger partial charge in [0.05, 0.1) is 21.9 Å². The number of hydrogen-bond donors (Lipinski definition) is 1. The molecule has 172 valence electrons. The lowest BCUT2D eigenvalue weighted by atomic mass is 10.2. The second-order valence-corrected chi connectivity index (χ2v) is 9.73. The van der Waals surface area contributed by atoms with Crippen molar-refractivity contribution in [3.05, 3.63) is 51.2 Å². The van der Waals surface area contributed by atoms with Crippen molar-refractivity contribution in [1.82, 2.24) is 15.3 Å². The van der Waals surface area contributed by atoms with Gasteiger partial charge in [0, 0.05) is 6.54 Å². The van der Waals surface area contributed by atoms with Crippen LogP contribution in [0.1, 0.15) is 12.0 Å². The molecule has 7 nitrogen and oxygen atoms in total. The predicted octanol–water partition coefficient (Wildman–Crippen LogP) is 5.17. The van der Waals surface area contributed by atoms with Crippen LogP contribution in [0.3, 0.4) is 0 Å². The summed E-state index contributed by atoms with van der Waals surface area (Å²) in [7, 11) is 0. The molecule has 0 spiro atoms. The minimum absolute atomic E-state index is 0.0810. The summed E-state index contributed by atoms with van der Waals surface area (Å²) in [6, 6.07) is 9.23. The molecule has 0 unspecified atom stereocenters. The highest BCUT2D eigenvalue weighted by molar-refractivity contribution is 9.10. The Bertz CT molecular complexity index is 1240. The topological polar surface area (TPSA) is 76.6 Å². The first kappa shape index (κ1) is 22.5. The number of amides is 1. The zero-order valence-corrected chi connectivity index (χ0v) is 20.6. The van der Waals surface area contributed by atoms with Gasteiger partial charge in [-0.1, -0.05) is 53.7 Å². The van der Waals surface area contributed by atoms with Crippen LogP contribution in [0.4, 0.5) is 15.0 Å². The highest BCUT2D eigenvalue weighted by atomic mass is 79.9. The van der Waals surface area contributed by atoms with Gasteiger partial charge < -0.3 is 19.7 Å². The van der Waals surface area contributed by atoms with Gasteiger partial charge in [0.2, 0.25) is 0 Å². The quantitative estimate of drug-likeness (QED) is 0.271. The molecule has 0 radical (unpaired) electrons. The number of thioether (sulfide) groups is 1. The average molecular weight is 554 g/mol.